The first-order chi connectivity index (χ1) is 8.30. The van der Waals surface area contributed by atoms with E-state index in [-0.39, 0.29) is 12.3 Å². The third-order valence-electron chi connectivity index (χ3n) is 2.49. The maximum Gasteiger partial charge on any atom is 0.326 e. The Morgan fingerprint density at radius 1 is 1.39 bits per heavy atom. The van der Waals surface area contributed by atoms with Crippen LogP contribution < -0.4 is 5.32 Å². The molecule has 0 fully saturated rings. The zero-order chi connectivity index (χ0) is 13.8. The van der Waals surface area contributed by atoms with Crippen molar-refractivity contribution in [1.82, 2.24) is 10.3 Å². The van der Waals surface area contributed by atoms with E-state index in [0.717, 1.165) is 0 Å². The number of aromatic nitrogens is 1. The number of carboxylic acid groups (broad SMARTS) is 1. The summed E-state index contributed by atoms with van der Waals surface area (Å²) >= 11 is 0. The van der Waals surface area contributed by atoms with Gasteiger partial charge in [-0.1, -0.05) is 26.8 Å². The second kappa shape index (κ2) is 5.62. The van der Waals surface area contributed by atoms with Gasteiger partial charge in [0.15, 0.2) is 0 Å². The maximum atomic E-state index is 11.8. The van der Waals surface area contributed by atoms with Crippen molar-refractivity contribution in [1.29, 1.82) is 0 Å². The quantitative estimate of drug-likeness (QED) is 0.842. The molecule has 1 heterocycles. The van der Waals surface area contributed by atoms with E-state index in [2.05, 4.69) is 10.3 Å². The Hall–Kier alpha value is -1.91. The number of carbonyl (C=O) groups is 2. The van der Waals surface area contributed by atoms with Gasteiger partial charge in [-0.25, -0.2) is 4.79 Å². The lowest BCUT2D eigenvalue weighted by molar-refractivity contribution is -0.144. The standard InChI is InChI=1S/C13H18N2O3/c1-13(2,3)11(12(17)18)15-10(16)8-9-6-4-5-7-14-9/h4-7,11H,8H2,1-3H3,(H,15,16)(H,17,18)/t11-/m1/s1. The summed E-state index contributed by atoms with van der Waals surface area (Å²) in [6.07, 6.45) is 1.68. The lowest BCUT2D eigenvalue weighted by Gasteiger charge is -2.27. The number of carboxylic acids is 1. The molecule has 1 amide bonds. The Kier molecular flexibility index (Phi) is 4.42. The number of nitrogens with zero attached hydrogens (tertiary/aromatic N) is 1. The van der Waals surface area contributed by atoms with Crippen LogP contribution in [0.15, 0.2) is 24.4 Å². The van der Waals surface area contributed by atoms with Gasteiger partial charge in [0.1, 0.15) is 6.04 Å². The molecule has 0 aliphatic carbocycles. The molecule has 0 unspecified atom stereocenters. The molecule has 1 aromatic heterocycles. The monoisotopic (exact) mass is 250 g/mol. The van der Waals surface area contributed by atoms with Crippen molar-refractivity contribution in [2.45, 2.75) is 33.2 Å². The highest BCUT2D eigenvalue weighted by Gasteiger charge is 2.32. The van der Waals surface area contributed by atoms with Crippen molar-refractivity contribution in [2.75, 3.05) is 0 Å². The number of nitrogens with one attached hydrogen (secondary N) is 1. The van der Waals surface area contributed by atoms with Gasteiger partial charge < -0.3 is 10.4 Å². The van der Waals surface area contributed by atoms with Gasteiger partial charge in [-0.05, 0) is 17.5 Å². The summed E-state index contributed by atoms with van der Waals surface area (Å²) in [5.41, 5.74) is 0.0825. The summed E-state index contributed by atoms with van der Waals surface area (Å²) in [4.78, 5) is 26.9. The summed E-state index contributed by atoms with van der Waals surface area (Å²) in [6.45, 7) is 5.31. The molecule has 1 rings (SSSR count). The average Bonchev–Trinajstić information content (AvgIpc) is 2.25. The second-order valence-electron chi connectivity index (χ2n) is 5.20. The molecular weight excluding hydrogens is 232 g/mol. The largest absolute Gasteiger partial charge is 0.480 e. The van der Waals surface area contributed by atoms with Gasteiger partial charge in [0.05, 0.1) is 6.42 Å². The molecule has 0 spiro atoms. The first kappa shape index (κ1) is 14.2. The molecule has 0 aromatic carbocycles. The predicted molar refractivity (Wildman–Crippen MR) is 67.0 cm³/mol. The molecular formula is C13H18N2O3. The van der Waals surface area contributed by atoms with Gasteiger partial charge in [-0.2, -0.15) is 0 Å². The smallest absolute Gasteiger partial charge is 0.326 e. The molecule has 98 valence electrons. The highest BCUT2D eigenvalue weighted by Crippen LogP contribution is 2.19. The van der Waals surface area contributed by atoms with Crippen LogP contribution in [0.25, 0.3) is 0 Å². The van der Waals surface area contributed by atoms with Crippen molar-refractivity contribution >= 4 is 11.9 Å². The van der Waals surface area contributed by atoms with Crippen molar-refractivity contribution in [2.24, 2.45) is 5.41 Å². The van der Waals surface area contributed by atoms with Crippen LogP contribution in [0.5, 0.6) is 0 Å². The molecule has 0 radical (unpaired) electrons. The van der Waals surface area contributed by atoms with E-state index in [1.54, 1.807) is 45.2 Å². The van der Waals surface area contributed by atoms with Crippen LogP contribution in [0.4, 0.5) is 0 Å². The zero-order valence-electron chi connectivity index (χ0n) is 10.8. The van der Waals surface area contributed by atoms with E-state index in [1.165, 1.54) is 0 Å². The molecule has 0 aliphatic rings. The summed E-state index contributed by atoms with van der Waals surface area (Å²) in [7, 11) is 0. The fourth-order valence-electron chi connectivity index (χ4n) is 1.53. The minimum Gasteiger partial charge on any atom is -0.480 e. The Labute approximate surface area is 106 Å². The number of amides is 1. The van der Waals surface area contributed by atoms with Crippen LogP contribution in [0.1, 0.15) is 26.5 Å². The molecule has 1 atom stereocenters. The molecule has 0 bridgehead atoms. The number of rotatable bonds is 4. The van der Waals surface area contributed by atoms with E-state index < -0.39 is 17.4 Å². The van der Waals surface area contributed by atoms with Gasteiger partial charge in [-0.15, -0.1) is 0 Å². The molecule has 0 saturated heterocycles. The van der Waals surface area contributed by atoms with Gasteiger partial charge in [0.2, 0.25) is 5.91 Å². The molecule has 5 heteroatoms. The highest BCUT2D eigenvalue weighted by atomic mass is 16.4. The summed E-state index contributed by atoms with van der Waals surface area (Å²) in [5.74, 6) is -1.37. The molecule has 0 saturated carbocycles. The maximum absolute atomic E-state index is 11.8. The number of hydrogen-bond acceptors (Lipinski definition) is 3. The number of carbonyl (C=O) groups excluding carboxylic acids is 1. The minimum atomic E-state index is -1.03. The summed E-state index contributed by atoms with van der Waals surface area (Å²) in [5, 5.41) is 11.6. The number of hydrogen-bond donors (Lipinski definition) is 2. The fourth-order valence-corrected chi connectivity index (χ4v) is 1.53. The van der Waals surface area contributed by atoms with Crippen molar-refractivity contribution in [3.8, 4) is 0 Å². The molecule has 2 N–H and O–H groups in total. The molecule has 18 heavy (non-hydrogen) atoms. The summed E-state index contributed by atoms with van der Waals surface area (Å²) < 4.78 is 0. The van der Waals surface area contributed by atoms with Gasteiger partial charge in [0, 0.05) is 11.9 Å². The Balaban J connectivity index is 2.66. The number of pyridine rings is 1. The number of aliphatic carboxylic acids is 1. The first-order valence-corrected chi connectivity index (χ1v) is 5.73. The van der Waals surface area contributed by atoms with E-state index in [1.807, 2.05) is 0 Å². The molecule has 0 aliphatic heterocycles. The SMILES string of the molecule is CC(C)(C)[C@H](NC(=O)Cc1ccccn1)C(=O)O. The normalized spacial score (nSPS) is 12.8. The van der Waals surface area contributed by atoms with Gasteiger partial charge in [0.25, 0.3) is 0 Å². The van der Waals surface area contributed by atoms with Crippen LogP contribution in [0.2, 0.25) is 0 Å². The van der Waals surface area contributed by atoms with Crippen molar-refractivity contribution in [3.05, 3.63) is 30.1 Å². The van der Waals surface area contributed by atoms with Crippen molar-refractivity contribution in [3.63, 3.8) is 0 Å². The predicted octanol–water partition coefficient (Wildman–Crippen LogP) is 1.24. The minimum absolute atomic E-state index is 0.0840. The fraction of sp³-hybridized carbons (Fsp3) is 0.462. The van der Waals surface area contributed by atoms with Crippen LogP contribution >= 0.6 is 0 Å². The van der Waals surface area contributed by atoms with Gasteiger partial charge >= 0.3 is 5.97 Å². The third-order valence-corrected chi connectivity index (χ3v) is 2.49. The van der Waals surface area contributed by atoms with Crippen LogP contribution in [-0.4, -0.2) is 28.0 Å². The summed E-state index contributed by atoms with van der Waals surface area (Å²) in [6, 6.07) is 4.37. The van der Waals surface area contributed by atoms with Crippen molar-refractivity contribution < 1.29 is 14.7 Å². The Morgan fingerprint density at radius 3 is 2.50 bits per heavy atom. The van der Waals surface area contributed by atoms with Crippen LogP contribution in [0, 0.1) is 5.41 Å². The van der Waals surface area contributed by atoms with Crippen LogP contribution in [-0.2, 0) is 16.0 Å². The second-order valence-corrected chi connectivity index (χ2v) is 5.20. The van der Waals surface area contributed by atoms with E-state index in [4.69, 9.17) is 5.11 Å². The first-order valence-electron chi connectivity index (χ1n) is 5.73. The Morgan fingerprint density at radius 2 is 2.06 bits per heavy atom. The zero-order valence-corrected chi connectivity index (χ0v) is 10.8. The topological polar surface area (TPSA) is 79.3 Å². The highest BCUT2D eigenvalue weighted by molar-refractivity contribution is 5.85. The van der Waals surface area contributed by atoms with E-state index >= 15 is 0 Å². The van der Waals surface area contributed by atoms with E-state index in [0.29, 0.717) is 5.69 Å². The van der Waals surface area contributed by atoms with E-state index in [9.17, 15) is 9.59 Å². The Bertz CT molecular complexity index is 424. The lowest BCUT2D eigenvalue weighted by atomic mass is 9.86. The third kappa shape index (κ3) is 4.16. The molecule has 5 nitrogen and oxygen atoms in total. The van der Waals surface area contributed by atoms with Crippen LogP contribution in [0.3, 0.4) is 0 Å². The molecule has 1 aromatic rings. The average molecular weight is 250 g/mol. The lowest BCUT2D eigenvalue weighted by Crippen LogP contribution is -2.49. The van der Waals surface area contributed by atoms with Gasteiger partial charge in [-0.3, -0.25) is 9.78 Å².